The van der Waals surface area contributed by atoms with Crippen LogP contribution < -0.4 is 10.1 Å². The van der Waals surface area contributed by atoms with Crippen LogP contribution >= 0.6 is 0 Å². The average Bonchev–Trinajstić information content (AvgIpc) is 2.96. The molecule has 1 atom stereocenters. The zero-order chi connectivity index (χ0) is 21.0. The molecule has 0 saturated heterocycles. The van der Waals surface area contributed by atoms with Gasteiger partial charge in [-0.3, -0.25) is 4.79 Å². The second kappa shape index (κ2) is 8.86. The average molecular weight is 399 g/mol. The van der Waals surface area contributed by atoms with Crippen LogP contribution in [-0.2, 0) is 11.2 Å². The third-order valence-corrected chi connectivity index (χ3v) is 4.74. The van der Waals surface area contributed by atoms with E-state index in [1.165, 1.54) is 12.1 Å². The van der Waals surface area contributed by atoms with E-state index in [1.807, 2.05) is 48.9 Å². The Hall–Kier alpha value is -3.22. The van der Waals surface area contributed by atoms with Crippen molar-refractivity contribution in [2.75, 3.05) is 0 Å². The van der Waals surface area contributed by atoms with Crippen LogP contribution in [0.3, 0.4) is 0 Å². The zero-order valence-electron chi connectivity index (χ0n) is 16.5. The number of nitrogens with zero attached hydrogens (tertiary/aromatic N) is 2. The molecule has 0 spiro atoms. The highest BCUT2D eigenvalue weighted by molar-refractivity contribution is 5.79. The fourth-order valence-corrected chi connectivity index (χ4v) is 3.25. The molecule has 0 fully saturated rings. The summed E-state index contributed by atoms with van der Waals surface area (Å²) in [4.78, 5) is 12.6. The first kappa shape index (κ1) is 20.5. The minimum atomic E-state index is -2.89. The van der Waals surface area contributed by atoms with E-state index in [2.05, 4.69) is 15.2 Å². The largest absolute Gasteiger partial charge is 0.435 e. The number of carbonyl (C=O) groups excluding carboxylic acids is 1. The molecule has 5 nitrogen and oxygen atoms in total. The van der Waals surface area contributed by atoms with Crippen LogP contribution in [0.4, 0.5) is 8.78 Å². The Kier molecular flexibility index (Phi) is 6.26. The van der Waals surface area contributed by atoms with Crippen molar-refractivity contribution in [1.29, 1.82) is 0 Å². The van der Waals surface area contributed by atoms with E-state index in [9.17, 15) is 13.6 Å². The van der Waals surface area contributed by atoms with Gasteiger partial charge in [0.2, 0.25) is 5.91 Å². The normalized spacial score (nSPS) is 12.1. The molecule has 0 aliphatic carbocycles. The lowest BCUT2D eigenvalue weighted by molar-refractivity contribution is -0.121. The molecule has 0 aliphatic heterocycles. The van der Waals surface area contributed by atoms with Gasteiger partial charge in [-0.2, -0.15) is 13.9 Å². The fourth-order valence-electron chi connectivity index (χ4n) is 3.25. The van der Waals surface area contributed by atoms with Crippen LogP contribution in [-0.4, -0.2) is 22.3 Å². The van der Waals surface area contributed by atoms with E-state index in [-0.39, 0.29) is 24.1 Å². The first-order valence-corrected chi connectivity index (χ1v) is 9.30. The molecule has 2 aromatic carbocycles. The third kappa shape index (κ3) is 4.99. The van der Waals surface area contributed by atoms with Crippen LogP contribution in [0.1, 0.15) is 35.5 Å². The standard InChI is InChI=1S/C22H23F2N3O2/c1-14(17-8-7-11-19(12-17)29-22(23)24)25-21(28)13-20-15(2)26-27(16(20)3)18-9-5-4-6-10-18/h4-12,14,22H,13H2,1-3H3,(H,25,28). The molecule has 0 saturated carbocycles. The number of hydrogen-bond donors (Lipinski definition) is 1. The number of aromatic nitrogens is 2. The number of rotatable bonds is 7. The maximum atomic E-state index is 12.6. The topological polar surface area (TPSA) is 56.2 Å². The highest BCUT2D eigenvalue weighted by atomic mass is 19.3. The summed E-state index contributed by atoms with van der Waals surface area (Å²) in [6.07, 6.45) is 0.183. The molecule has 1 aromatic heterocycles. The van der Waals surface area contributed by atoms with Crippen molar-refractivity contribution >= 4 is 5.91 Å². The minimum Gasteiger partial charge on any atom is -0.435 e. The molecule has 1 N–H and O–H groups in total. The summed E-state index contributed by atoms with van der Waals surface area (Å²) >= 11 is 0. The van der Waals surface area contributed by atoms with Gasteiger partial charge in [0.15, 0.2) is 0 Å². The Morgan fingerprint density at radius 2 is 1.86 bits per heavy atom. The van der Waals surface area contributed by atoms with E-state index in [4.69, 9.17) is 0 Å². The summed E-state index contributed by atoms with van der Waals surface area (Å²) in [7, 11) is 0. The lowest BCUT2D eigenvalue weighted by atomic mass is 10.1. The summed E-state index contributed by atoms with van der Waals surface area (Å²) in [6, 6.07) is 15.7. The number of benzene rings is 2. The number of para-hydroxylation sites is 1. The molecule has 3 rings (SSSR count). The number of ether oxygens (including phenoxy) is 1. The first-order valence-electron chi connectivity index (χ1n) is 9.30. The maximum Gasteiger partial charge on any atom is 0.387 e. The summed E-state index contributed by atoms with van der Waals surface area (Å²) in [6.45, 7) is 2.72. The second-order valence-electron chi connectivity index (χ2n) is 6.81. The Morgan fingerprint density at radius 1 is 1.14 bits per heavy atom. The van der Waals surface area contributed by atoms with Gasteiger partial charge in [-0.1, -0.05) is 30.3 Å². The van der Waals surface area contributed by atoms with Gasteiger partial charge in [-0.15, -0.1) is 0 Å². The van der Waals surface area contributed by atoms with Gasteiger partial charge >= 0.3 is 6.61 Å². The van der Waals surface area contributed by atoms with Gasteiger partial charge in [0.1, 0.15) is 5.75 Å². The quantitative estimate of drug-likeness (QED) is 0.636. The summed E-state index contributed by atoms with van der Waals surface area (Å²) in [5.74, 6) is -0.106. The molecule has 0 aliphatic rings. The van der Waals surface area contributed by atoms with E-state index in [1.54, 1.807) is 19.1 Å². The van der Waals surface area contributed by atoms with Gasteiger partial charge in [-0.05, 0) is 50.6 Å². The molecule has 1 unspecified atom stereocenters. The number of halogens is 2. The maximum absolute atomic E-state index is 12.6. The molecule has 0 radical (unpaired) electrons. The van der Waals surface area contributed by atoms with Gasteiger partial charge < -0.3 is 10.1 Å². The Bertz CT molecular complexity index is 987. The molecule has 7 heteroatoms. The van der Waals surface area contributed by atoms with Crippen LogP contribution in [0.25, 0.3) is 5.69 Å². The molecule has 1 amide bonds. The molecular formula is C22H23F2N3O2. The van der Waals surface area contributed by atoms with E-state index < -0.39 is 6.61 Å². The summed E-state index contributed by atoms with van der Waals surface area (Å²) < 4.78 is 31.1. The Morgan fingerprint density at radius 3 is 2.55 bits per heavy atom. The van der Waals surface area contributed by atoms with Crippen LogP contribution in [0.15, 0.2) is 54.6 Å². The van der Waals surface area contributed by atoms with Gasteiger partial charge in [0.05, 0.1) is 23.8 Å². The van der Waals surface area contributed by atoms with Crippen molar-refractivity contribution in [3.8, 4) is 11.4 Å². The predicted molar refractivity (Wildman–Crippen MR) is 106 cm³/mol. The van der Waals surface area contributed by atoms with Crippen LogP contribution in [0, 0.1) is 13.8 Å². The Labute approximate surface area is 168 Å². The molecule has 0 bridgehead atoms. The lowest BCUT2D eigenvalue weighted by Crippen LogP contribution is -2.28. The third-order valence-electron chi connectivity index (χ3n) is 4.74. The number of alkyl halides is 2. The lowest BCUT2D eigenvalue weighted by Gasteiger charge is -2.16. The van der Waals surface area contributed by atoms with Gasteiger partial charge in [-0.25, -0.2) is 4.68 Å². The fraction of sp³-hybridized carbons (Fsp3) is 0.273. The van der Waals surface area contributed by atoms with Gasteiger partial charge in [0.25, 0.3) is 0 Å². The van der Waals surface area contributed by atoms with Crippen molar-refractivity contribution in [2.45, 2.75) is 39.8 Å². The number of aryl methyl sites for hydroxylation is 1. The number of carbonyl (C=O) groups is 1. The number of amides is 1. The van der Waals surface area contributed by atoms with E-state index in [0.29, 0.717) is 5.56 Å². The molecular weight excluding hydrogens is 376 g/mol. The van der Waals surface area contributed by atoms with Crippen molar-refractivity contribution < 1.29 is 18.3 Å². The molecule has 3 aromatic rings. The monoisotopic (exact) mass is 399 g/mol. The van der Waals surface area contributed by atoms with Crippen LogP contribution in [0.2, 0.25) is 0 Å². The highest BCUT2D eigenvalue weighted by Gasteiger charge is 2.18. The van der Waals surface area contributed by atoms with Crippen LogP contribution in [0.5, 0.6) is 5.75 Å². The van der Waals surface area contributed by atoms with Crippen molar-refractivity contribution in [2.24, 2.45) is 0 Å². The van der Waals surface area contributed by atoms with Gasteiger partial charge in [0, 0.05) is 11.3 Å². The van der Waals surface area contributed by atoms with E-state index in [0.717, 1.165) is 22.6 Å². The van der Waals surface area contributed by atoms with Crippen molar-refractivity contribution in [3.63, 3.8) is 0 Å². The summed E-state index contributed by atoms with van der Waals surface area (Å²) in [5, 5.41) is 7.47. The molecule has 152 valence electrons. The number of hydrogen-bond acceptors (Lipinski definition) is 3. The van der Waals surface area contributed by atoms with Crippen molar-refractivity contribution in [1.82, 2.24) is 15.1 Å². The van der Waals surface area contributed by atoms with E-state index >= 15 is 0 Å². The SMILES string of the molecule is Cc1nn(-c2ccccc2)c(C)c1CC(=O)NC(C)c1cccc(OC(F)F)c1. The Balaban J connectivity index is 1.71. The highest BCUT2D eigenvalue weighted by Crippen LogP contribution is 2.22. The smallest absolute Gasteiger partial charge is 0.387 e. The first-order chi connectivity index (χ1) is 13.8. The minimum absolute atomic E-state index is 0.0643. The summed E-state index contributed by atoms with van der Waals surface area (Å²) in [5.41, 5.74) is 4.19. The second-order valence-corrected chi connectivity index (χ2v) is 6.81. The molecule has 1 heterocycles. The predicted octanol–water partition coefficient (Wildman–Crippen LogP) is 4.51. The zero-order valence-corrected chi connectivity index (χ0v) is 16.5. The van der Waals surface area contributed by atoms with Crippen molar-refractivity contribution in [3.05, 3.63) is 77.1 Å². The number of nitrogens with one attached hydrogen (secondary N) is 1. The molecule has 29 heavy (non-hydrogen) atoms.